The van der Waals surface area contributed by atoms with Crippen molar-refractivity contribution >= 4 is 23.2 Å². The van der Waals surface area contributed by atoms with Gasteiger partial charge in [-0.15, -0.1) is 10.2 Å². The predicted octanol–water partition coefficient (Wildman–Crippen LogP) is 1.60. The van der Waals surface area contributed by atoms with Crippen molar-refractivity contribution in [3.8, 4) is 11.6 Å². The number of halogens is 1. The molecule has 2 aromatic rings. The van der Waals surface area contributed by atoms with E-state index in [0.717, 1.165) is 0 Å². The van der Waals surface area contributed by atoms with Gasteiger partial charge in [0.15, 0.2) is 5.69 Å². The Labute approximate surface area is 108 Å². The molecule has 2 rings (SSSR count). The van der Waals surface area contributed by atoms with Gasteiger partial charge in [-0.25, -0.2) is 0 Å². The summed E-state index contributed by atoms with van der Waals surface area (Å²) in [7, 11) is 0. The lowest BCUT2D eigenvalue weighted by atomic mass is 10.3. The van der Waals surface area contributed by atoms with Gasteiger partial charge in [-0.3, -0.25) is 4.79 Å². The minimum absolute atomic E-state index is 0.0673. The van der Waals surface area contributed by atoms with Gasteiger partial charge in [-0.05, 0) is 18.2 Å². The van der Waals surface area contributed by atoms with Crippen LogP contribution in [0.5, 0.6) is 11.6 Å². The van der Waals surface area contributed by atoms with Gasteiger partial charge in [0.2, 0.25) is 5.88 Å². The van der Waals surface area contributed by atoms with Crippen molar-refractivity contribution in [2.75, 3.05) is 5.73 Å². The fourth-order valence-corrected chi connectivity index (χ4v) is 1.37. The molecule has 0 atom stereocenters. The number of rotatable bonds is 3. The van der Waals surface area contributed by atoms with Crippen molar-refractivity contribution in [3.63, 3.8) is 0 Å². The van der Waals surface area contributed by atoms with Gasteiger partial charge in [0, 0.05) is 12.1 Å². The first-order chi connectivity index (χ1) is 8.56. The Kier molecular flexibility index (Phi) is 3.29. The Morgan fingerprint density at radius 1 is 1.22 bits per heavy atom. The van der Waals surface area contributed by atoms with Gasteiger partial charge in [0.05, 0.1) is 10.7 Å². The number of nitrogens with two attached hydrogens (primary N) is 2. The molecule has 0 aliphatic carbocycles. The number of ether oxygens (including phenoxy) is 1. The average molecular weight is 265 g/mol. The molecule has 18 heavy (non-hydrogen) atoms. The summed E-state index contributed by atoms with van der Waals surface area (Å²) < 4.78 is 5.38. The summed E-state index contributed by atoms with van der Waals surface area (Å²) in [5.41, 5.74) is 11.1. The topological polar surface area (TPSA) is 104 Å². The normalized spacial score (nSPS) is 10.1. The summed E-state index contributed by atoms with van der Waals surface area (Å²) >= 11 is 5.84. The zero-order valence-electron chi connectivity index (χ0n) is 9.13. The van der Waals surface area contributed by atoms with Crippen LogP contribution in [0.2, 0.25) is 5.02 Å². The molecule has 1 amide bonds. The van der Waals surface area contributed by atoms with Crippen LogP contribution in [0, 0.1) is 0 Å². The van der Waals surface area contributed by atoms with Crippen LogP contribution in [0.3, 0.4) is 0 Å². The highest BCUT2D eigenvalue weighted by Crippen LogP contribution is 2.26. The quantitative estimate of drug-likeness (QED) is 0.820. The molecule has 7 heteroatoms. The minimum Gasteiger partial charge on any atom is -0.437 e. The van der Waals surface area contributed by atoms with Crippen molar-refractivity contribution in [1.29, 1.82) is 0 Å². The molecule has 0 saturated carbocycles. The van der Waals surface area contributed by atoms with E-state index in [1.54, 1.807) is 18.2 Å². The van der Waals surface area contributed by atoms with E-state index in [1.165, 1.54) is 12.1 Å². The lowest BCUT2D eigenvalue weighted by molar-refractivity contribution is 0.0994. The third kappa shape index (κ3) is 2.67. The first-order valence-corrected chi connectivity index (χ1v) is 5.30. The van der Waals surface area contributed by atoms with Gasteiger partial charge < -0.3 is 16.2 Å². The summed E-state index contributed by atoms with van der Waals surface area (Å²) in [6, 6.07) is 7.72. The molecule has 92 valence electrons. The zero-order valence-corrected chi connectivity index (χ0v) is 9.89. The molecule has 0 unspecified atom stereocenters. The van der Waals surface area contributed by atoms with Gasteiger partial charge in [-0.2, -0.15) is 0 Å². The highest BCUT2D eigenvalue weighted by molar-refractivity contribution is 6.33. The van der Waals surface area contributed by atoms with E-state index in [-0.39, 0.29) is 11.6 Å². The Balaban J connectivity index is 2.18. The van der Waals surface area contributed by atoms with Crippen LogP contribution in [-0.4, -0.2) is 16.1 Å². The molecule has 0 aliphatic heterocycles. The third-order valence-electron chi connectivity index (χ3n) is 2.09. The van der Waals surface area contributed by atoms with Crippen molar-refractivity contribution in [1.82, 2.24) is 10.2 Å². The molecular formula is C11H9ClN4O2. The maximum atomic E-state index is 10.8. The Morgan fingerprint density at radius 2 is 2.00 bits per heavy atom. The van der Waals surface area contributed by atoms with Crippen LogP contribution < -0.4 is 16.2 Å². The summed E-state index contributed by atoms with van der Waals surface area (Å²) in [5, 5.41) is 7.69. The van der Waals surface area contributed by atoms with Gasteiger partial charge in [0.25, 0.3) is 5.91 Å². The largest absolute Gasteiger partial charge is 0.437 e. The van der Waals surface area contributed by atoms with E-state index in [1.807, 2.05) is 0 Å². The van der Waals surface area contributed by atoms with E-state index >= 15 is 0 Å². The number of aromatic nitrogens is 2. The van der Waals surface area contributed by atoms with Crippen LogP contribution in [0.4, 0.5) is 5.69 Å². The summed E-state index contributed by atoms with van der Waals surface area (Å²) in [5.74, 6) is 0.0424. The monoisotopic (exact) mass is 264 g/mol. The van der Waals surface area contributed by atoms with Crippen molar-refractivity contribution in [3.05, 3.63) is 41.0 Å². The Bertz CT molecular complexity index is 586. The molecule has 1 heterocycles. The van der Waals surface area contributed by atoms with E-state index in [9.17, 15) is 4.79 Å². The number of nitrogen functional groups attached to an aromatic ring is 1. The Morgan fingerprint density at radius 3 is 2.56 bits per heavy atom. The maximum absolute atomic E-state index is 10.8. The van der Waals surface area contributed by atoms with Crippen LogP contribution in [0.25, 0.3) is 0 Å². The molecule has 0 aliphatic rings. The van der Waals surface area contributed by atoms with E-state index < -0.39 is 5.91 Å². The number of benzene rings is 1. The van der Waals surface area contributed by atoms with Crippen molar-refractivity contribution in [2.24, 2.45) is 5.73 Å². The van der Waals surface area contributed by atoms with Crippen LogP contribution >= 0.6 is 11.6 Å². The first kappa shape index (κ1) is 12.1. The average Bonchev–Trinajstić information content (AvgIpc) is 2.34. The second-order valence-corrected chi connectivity index (χ2v) is 3.81. The minimum atomic E-state index is -0.649. The fourth-order valence-electron chi connectivity index (χ4n) is 1.20. The number of hydrogen-bond donors (Lipinski definition) is 2. The highest BCUT2D eigenvalue weighted by atomic mass is 35.5. The fraction of sp³-hybridized carbons (Fsp3) is 0. The second-order valence-electron chi connectivity index (χ2n) is 3.41. The SMILES string of the molecule is NC(=O)c1ccc(Oc2ccc(N)c(Cl)c2)nn1. The van der Waals surface area contributed by atoms with E-state index in [2.05, 4.69) is 10.2 Å². The third-order valence-corrected chi connectivity index (χ3v) is 2.41. The zero-order chi connectivity index (χ0) is 13.1. The smallest absolute Gasteiger partial charge is 0.269 e. The Hall–Kier alpha value is -2.34. The molecule has 0 spiro atoms. The molecule has 1 aromatic carbocycles. The number of hydrogen-bond acceptors (Lipinski definition) is 5. The lowest BCUT2D eigenvalue weighted by Gasteiger charge is -2.05. The number of carbonyl (C=O) groups is 1. The molecule has 0 fully saturated rings. The number of nitrogens with zero attached hydrogens (tertiary/aromatic N) is 2. The van der Waals surface area contributed by atoms with Gasteiger partial charge >= 0.3 is 0 Å². The highest BCUT2D eigenvalue weighted by Gasteiger charge is 2.05. The standard InChI is InChI=1S/C11H9ClN4O2/c12-7-5-6(1-2-8(7)13)18-10-4-3-9(11(14)17)15-16-10/h1-5H,13H2,(H2,14,17). The first-order valence-electron chi connectivity index (χ1n) is 4.92. The maximum Gasteiger partial charge on any atom is 0.269 e. The van der Waals surface area contributed by atoms with Crippen LogP contribution in [0.1, 0.15) is 10.5 Å². The molecule has 1 aromatic heterocycles. The molecular weight excluding hydrogens is 256 g/mol. The van der Waals surface area contributed by atoms with E-state index in [0.29, 0.717) is 16.5 Å². The molecule has 6 nitrogen and oxygen atoms in total. The number of carbonyl (C=O) groups excluding carboxylic acids is 1. The van der Waals surface area contributed by atoms with Crippen molar-refractivity contribution in [2.45, 2.75) is 0 Å². The second kappa shape index (κ2) is 4.89. The summed E-state index contributed by atoms with van der Waals surface area (Å²) in [6.07, 6.45) is 0. The number of anilines is 1. The summed E-state index contributed by atoms with van der Waals surface area (Å²) in [6.45, 7) is 0. The van der Waals surface area contributed by atoms with Crippen LogP contribution in [0.15, 0.2) is 30.3 Å². The predicted molar refractivity (Wildman–Crippen MR) is 66.5 cm³/mol. The van der Waals surface area contributed by atoms with E-state index in [4.69, 9.17) is 27.8 Å². The molecule has 0 saturated heterocycles. The molecule has 0 radical (unpaired) electrons. The molecule has 0 bridgehead atoms. The lowest BCUT2D eigenvalue weighted by Crippen LogP contribution is -2.13. The van der Waals surface area contributed by atoms with Gasteiger partial charge in [-0.1, -0.05) is 11.6 Å². The van der Waals surface area contributed by atoms with Crippen molar-refractivity contribution < 1.29 is 9.53 Å². The van der Waals surface area contributed by atoms with Gasteiger partial charge in [0.1, 0.15) is 5.75 Å². The molecule has 4 N–H and O–H groups in total. The number of amides is 1. The number of primary amides is 1. The summed E-state index contributed by atoms with van der Waals surface area (Å²) in [4.78, 5) is 10.8. The van der Waals surface area contributed by atoms with Crippen LogP contribution in [-0.2, 0) is 0 Å².